The van der Waals surface area contributed by atoms with E-state index in [9.17, 15) is 4.79 Å². The summed E-state index contributed by atoms with van der Waals surface area (Å²) in [6, 6.07) is 0.548. The minimum Gasteiger partial charge on any atom is -0.340 e. The van der Waals surface area contributed by atoms with Gasteiger partial charge in [0.2, 0.25) is 5.91 Å². The van der Waals surface area contributed by atoms with Crippen LogP contribution >= 0.6 is 0 Å². The maximum absolute atomic E-state index is 11.5. The molecular formula is C16H31NO. The molecule has 1 unspecified atom stereocenters. The molecule has 0 N–H and O–H groups in total. The first-order chi connectivity index (χ1) is 8.75. The SMILES string of the molecule is CCCCCCCCCC1CCCCN1C(C)=O. The minimum absolute atomic E-state index is 0.280. The molecule has 1 heterocycles. The van der Waals surface area contributed by atoms with Crippen LogP contribution in [0.4, 0.5) is 0 Å². The topological polar surface area (TPSA) is 20.3 Å². The second kappa shape index (κ2) is 9.41. The molecule has 1 rings (SSSR count). The molecule has 0 aliphatic carbocycles. The van der Waals surface area contributed by atoms with Crippen LogP contribution in [0.5, 0.6) is 0 Å². The maximum atomic E-state index is 11.5. The molecule has 2 nitrogen and oxygen atoms in total. The normalized spacial score (nSPS) is 20.1. The van der Waals surface area contributed by atoms with E-state index >= 15 is 0 Å². The first-order valence-electron chi connectivity index (χ1n) is 8.03. The summed E-state index contributed by atoms with van der Waals surface area (Å²) in [7, 11) is 0. The quantitative estimate of drug-likeness (QED) is 0.582. The monoisotopic (exact) mass is 253 g/mol. The van der Waals surface area contributed by atoms with Crippen LogP contribution in [0.15, 0.2) is 0 Å². The fourth-order valence-electron chi connectivity index (χ4n) is 3.05. The van der Waals surface area contributed by atoms with E-state index in [0.29, 0.717) is 6.04 Å². The zero-order chi connectivity index (χ0) is 13.2. The predicted molar refractivity (Wildman–Crippen MR) is 77.6 cm³/mol. The summed E-state index contributed by atoms with van der Waals surface area (Å²) in [5.74, 6) is 0.280. The zero-order valence-electron chi connectivity index (χ0n) is 12.4. The van der Waals surface area contributed by atoms with E-state index in [-0.39, 0.29) is 5.91 Å². The van der Waals surface area contributed by atoms with E-state index in [1.165, 1.54) is 70.6 Å². The van der Waals surface area contributed by atoms with Gasteiger partial charge in [0, 0.05) is 19.5 Å². The van der Waals surface area contributed by atoms with Crippen molar-refractivity contribution in [2.45, 2.75) is 90.5 Å². The molecule has 0 spiro atoms. The zero-order valence-corrected chi connectivity index (χ0v) is 12.4. The van der Waals surface area contributed by atoms with Crippen LogP contribution in [0.2, 0.25) is 0 Å². The van der Waals surface area contributed by atoms with Crippen LogP contribution in [0, 0.1) is 0 Å². The van der Waals surface area contributed by atoms with E-state index < -0.39 is 0 Å². The van der Waals surface area contributed by atoms with Crippen LogP contribution in [0.3, 0.4) is 0 Å². The molecule has 0 radical (unpaired) electrons. The molecule has 1 aliphatic rings. The third kappa shape index (κ3) is 5.88. The molecule has 1 aliphatic heterocycles. The number of carbonyl (C=O) groups is 1. The molecule has 0 aromatic rings. The molecule has 1 atom stereocenters. The third-order valence-corrected chi connectivity index (χ3v) is 4.17. The van der Waals surface area contributed by atoms with Gasteiger partial charge in [0.25, 0.3) is 0 Å². The highest BCUT2D eigenvalue weighted by Gasteiger charge is 2.23. The molecule has 0 saturated carbocycles. The number of hydrogen-bond donors (Lipinski definition) is 0. The fourth-order valence-corrected chi connectivity index (χ4v) is 3.05. The van der Waals surface area contributed by atoms with Crippen molar-refractivity contribution in [2.75, 3.05) is 6.54 Å². The van der Waals surface area contributed by atoms with Crippen LogP contribution in [0.1, 0.15) is 84.5 Å². The second-order valence-corrected chi connectivity index (χ2v) is 5.77. The summed E-state index contributed by atoms with van der Waals surface area (Å²) < 4.78 is 0. The highest BCUT2D eigenvalue weighted by atomic mass is 16.2. The summed E-state index contributed by atoms with van der Waals surface area (Å²) in [6.45, 7) is 4.99. The van der Waals surface area contributed by atoms with Gasteiger partial charge in [-0.15, -0.1) is 0 Å². The van der Waals surface area contributed by atoms with Gasteiger partial charge in [-0.2, -0.15) is 0 Å². The molecule has 1 fully saturated rings. The number of piperidine rings is 1. The lowest BCUT2D eigenvalue weighted by molar-refractivity contribution is -0.132. The van der Waals surface area contributed by atoms with Gasteiger partial charge in [0.1, 0.15) is 0 Å². The number of likely N-dealkylation sites (tertiary alicyclic amines) is 1. The Kier molecular flexibility index (Phi) is 8.11. The molecule has 1 amide bonds. The first kappa shape index (κ1) is 15.5. The van der Waals surface area contributed by atoms with E-state index in [0.717, 1.165) is 6.54 Å². The van der Waals surface area contributed by atoms with Gasteiger partial charge in [-0.25, -0.2) is 0 Å². The van der Waals surface area contributed by atoms with Gasteiger partial charge in [0.15, 0.2) is 0 Å². The van der Waals surface area contributed by atoms with Crippen molar-refractivity contribution in [1.82, 2.24) is 4.90 Å². The van der Waals surface area contributed by atoms with Crippen molar-refractivity contribution >= 4 is 5.91 Å². The first-order valence-corrected chi connectivity index (χ1v) is 8.03. The van der Waals surface area contributed by atoms with E-state index in [1.54, 1.807) is 6.92 Å². The summed E-state index contributed by atoms with van der Waals surface area (Å²) in [5, 5.41) is 0. The maximum Gasteiger partial charge on any atom is 0.219 e. The predicted octanol–water partition coefficient (Wildman–Crippen LogP) is 4.53. The number of unbranched alkanes of at least 4 members (excludes halogenated alkanes) is 6. The smallest absolute Gasteiger partial charge is 0.219 e. The average molecular weight is 253 g/mol. The lowest BCUT2D eigenvalue weighted by Crippen LogP contribution is -2.42. The van der Waals surface area contributed by atoms with Crippen molar-refractivity contribution in [3.05, 3.63) is 0 Å². The Hall–Kier alpha value is -0.530. The van der Waals surface area contributed by atoms with Gasteiger partial charge in [-0.3, -0.25) is 4.79 Å². The standard InChI is InChI=1S/C16H31NO/c1-3-4-5-6-7-8-9-12-16-13-10-11-14-17(16)15(2)18/h16H,3-14H2,1-2H3. The average Bonchev–Trinajstić information content (AvgIpc) is 2.38. The van der Waals surface area contributed by atoms with Crippen LogP contribution in [-0.4, -0.2) is 23.4 Å². The lowest BCUT2D eigenvalue weighted by Gasteiger charge is -2.35. The van der Waals surface area contributed by atoms with Crippen LogP contribution in [0.25, 0.3) is 0 Å². The summed E-state index contributed by atoms with van der Waals surface area (Å²) >= 11 is 0. The Morgan fingerprint density at radius 3 is 2.39 bits per heavy atom. The number of rotatable bonds is 8. The molecule has 1 saturated heterocycles. The Bertz CT molecular complexity index is 227. The van der Waals surface area contributed by atoms with E-state index in [2.05, 4.69) is 11.8 Å². The molecule has 2 heteroatoms. The fraction of sp³-hybridized carbons (Fsp3) is 0.938. The van der Waals surface area contributed by atoms with E-state index in [1.807, 2.05) is 0 Å². The molecule has 0 aromatic carbocycles. The Labute approximate surface area is 113 Å². The largest absolute Gasteiger partial charge is 0.340 e. The molecular weight excluding hydrogens is 222 g/mol. The highest BCUT2D eigenvalue weighted by Crippen LogP contribution is 2.22. The molecule has 0 bridgehead atoms. The van der Waals surface area contributed by atoms with Crippen molar-refractivity contribution in [1.29, 1.82) is 0 Å². The second-order valence-electron chi connectivity index (χ2n) is 5.77. The number of hydrogen-bond acceptors (Lipinski definition) is 1. The van der Waals surface area contributed by atoms with Crippen molar-refractivity contribution in [2.24, 2.45) is 0 Å². The molecule has 106 valence electrons. The van der Waals surface area contributed by atoms with E-state index in [4.69, 9.17) is 0 Å². The summed E-state index contributed by atoms with van der Waals surface area (Å²) in [6.07, 6.45) is 14.5. The van der Waals surface area contributed by atoms with Crippen molar-refractivity contribution < 1.29 is 4.79 Å². The lowest BCUT2D eigenvalue weighted by atomic mass is 9.96. The summed E-state index contributed by atoms with van der Waals surface area (Å²) in [5.41, 5.74) is 0. The van der Waals surface area contributed by atoms with Gasteiger partial charge < -0.3 is 4.90 Å². The third-order valence-electron chi connectivity index (χ3n) is 4.17. The van der Waals surface area contributed by atoms with Crippen molar-refractivity contribution in [3.63, 3.8) is 0 Å². The van der Waals surface area contributed by atoms with Gasteiger partial charge in [-0.05, 0) is 25.7 Å². The Morgan fingerprint density at radius 1 is 1.06 bits per heavy atom. The Balaban J connectivity index is 2.07. The number of carbonyl (C=O) groups excluding carboxylic acids is 1. The van der Waals surface area contributed by atoms with Crippen molar-refractivity contribution in [3.8, 4) is 0 Å². The molecule has 18 heavy (non-hydrogen) atoms. The van der Waals surface area contributed by atoms with Gasteiger partial charge in [-0.1, -0.05) is 51.9 Å². The van der Waals surface area contributed by atoms with Crippen LogP contribution in [-0.2, 0) is 4.79 Å². The highest BCUT2D eigenvalue weighted by molar-refractivity contribution is 5.73. The van der Waals surface area contributed by atoms with Gasteiger partial charge >= 0.3 is 0 Å². The number of amides is 1. The van der Waals surface area contributed by atoms with Crippen LogP contribution < -0.4 is 0 Å². The summed E-state index contributed by atoms with van der Waals surface area (Å²) in [4.78, 5) is 13.7. The minimum atomic E-state index is 0.280. The van der Waals surface area contributed by atoms with Gasteiger partial charge in [0.05, 0.1) is 0 Å². The number of nitrogens with zero attached hydrogens (tertiary/aromatic N) is 1. The molecule has 0 aromatic heterocycles. The Morgan fingerprint density at radius 2 is 1.72 bits per heavy atom.